The molecule has 0 saturated heterocycles. The fourth-order valence-electron chi connectivity index (χ4n) is 3.95. The molecular formula is C25H42O5. The summed E-state index contributed by atoms with van der Waals surface area (Å²) in [5.74, 6) is -0.562. The lowest BCUT2D eigenvalue weighted by Crippen LogP contribution is -2.24. The second-order valence-corrected chi connectivity index (χ2v) is 8.24. The van der Waals surface area contributed by atoms with E-state index in [0.29, 0.717) is 32.3 Å². The van der Waals surface area contributed by atoms with Crippen LogP contribution >= 0.6 is 0 Å². The zero-order valence-corrected chi connectivity index (χ0v) is 19.2. The predicted molar refractivity (Wildman–Crippen MR) is 121 cm³/mol. The van der Waals surface area contributed by atoms with Crippen molar-refractivity contribution in [2.24, 2.45) is 11.8 Å². The van der Waals surface area contributed by atoms with E-state index in [9.17, 15) is 14.7 Å². The summed E-state index contributed by atoms with van der Waals surface area (Å²) in [5.41, 5.74) is 0. The monoisotopic (exact) mass is 422 g/mol. The number of unbranched alkanes of at least 4 members (excludes halogenated alkanes) is 5. The van der Waals surface area contributed by atoms with E-state index in [4.69, 9.17) is 9.47 Å². The Kier molecular flexibility index (Phi) is 14.4. The number of hydrogen-bond acceptors (Lipinski definition) is 4. The maximum Gasteiger partial charge on any atom is 0.332 e. The third-order valence-electron chi connectivity index (χ3n) is 5.84. The van der Waals surface area contributed by atoms with Gasteiger partial charge in [0.2, 0.25) is 0 Å². The quantitative estimate of drug-likeness (QED) is 0.239. The Bertz CT molecular complexity index is 540. The molecule has 0 spiro atoms. The Labute approximate surface area is 182 Å². The van der Waals surface area contributed by atoms with Gasteiger partial charge >= 0.3 is 5.97 Å². The van der Waals surface area contributed by atoms with Crippen molar-refractivity contribution < 1.29 is 24.2 Å². The summed E-state index contributed by atoms with van der Waals surface area (Å²) in [4.78, 5) is 23.8. The highest BCUT2D eigenvalue weighted by molar-refractivity contribution is 5.84. The van der Waals surface area contributed by atoms with E-state index >= 15 is 0 Å². The summed E-state index contributed by atoms with van der Waals surface area (Å²) in [7, 11) is 1.68. The van der Waals surface area contributed by atoms with Crippen LogP contribution in [0.4, 0.5) is 0 Å². The van der Waals surface area contributed by atoms with Gasteiger partial charge in [-0.25, -0.2) is 4.79 Å². The Balaban J connectivity index is 2.49. The Morgan fingerprint density at radius 1 is 1.10 bits per heavy atom. The van der Waals surface area contributed by atoms with E-state index in [-0.39, 0.29) is 23.7 Å². The number of Topliss-reactive ketones (excluding diaryl/α,β-unsaturated/α-hetero) is 1. The molecule has 5 nitrogen and oxygen atoms in total. The average Bonchev–Trinajstić information content (AvgIpc) is 3.03. The highest BCUT2D eigenvalue weighted by atomic mass is 16.5. The molecule has 1 aliphatic rings. The third kappa shape index (κ3) is 10.0. The zero-order valence-electron chi connectivity index (χ0n) is 19.2. The van der Waals surface area contributed by atoms with Crippen LogP contribution in [0.3, 0.4) is 0 Å². The molecule has 1 unspecified atom stereocenters. The second kappa shape index (κ2) is 16.3. The highest BCUT2D eigenvalue weighted by Crippen LogP contribution is 2.35. The summed E-state index contributed by atoms with van der Waals surface area (Å²) in [6.07, 6.45) is 17.7. The Hall–Kier alpha value is -1.46. The first kappa shape index (κ1) is 26.6. The van der Waals surface area contributed by atoms with Crippen molar-refractivity contribution in [2.45, 2.75) is 96.7 Å². The molecule has 0 aliphatic heterocycles. The molecule has 1 rings (SSSR count). The minimum atomic E-state index is -0.905. The molecule has 4 atom stereocenters. The van der Waals surface area contributed by atoms with E-state index in [1.165, 1.54) is 25.7 Å². The van der Waals surface area contributed by atoms with E-state index < -0.39 is 12.1 Å². The van der Waals surface area contributed by atoms with Crippen molar-refractivity contribution in [3.05, 3.63) is 24.3 Å². The molecular weight excluding hydrogens is 380 g/mol. The molecule has 1 fully saturated rings. The summed E-state index contributed by atoms with van der Waals surface area (Å²) in [5, 5.41) is 9.26. The van der Waals surface area contributed by atoms with Crippen molar-refractivity contribution in [2.75, 3.05) is 13.7 Å². The van der Waals surface area contributed by atoms with Gasteiger partial charge in [0.15, 0.2) is 6.10 Å². The van der Waals surface area contributed by atoms with Crippen molar-refractivity contribution >= 4 is 11.8 Å². The van der Waals surface area contributed by atoms with Gasteiger partial charge in [0.1, 0.15) is 5.78 Å². The lowest BCUT2D eigenvalue weighted by molar-refractivity contribution is -0.150. The van der Waals surface area contributed by atoms with Gasteiger partial charge in [0.05, 0.1) is 6.10 Å². The lowest BCUT2D eigenvalue weighted by atomic mass is 9.90. The number of carboxylic acid groups (broad SMARTS) is 1. The van der Waals surface area contributed by atoms with Gasteiger partial charge in [-0.3, -0.25) is 4.79 Å². The zero-order chi connectivity index (χ0) is 22.2. The van der Waals surface area contributed by atoms with Crippen molar-refractivity contribution in [1.29, 1.82) is 0 Å². The number of ether oxygens (including phenoxy) is 2. The number of methoxy groups -OCH3 is 1. The van der Waals surface area contributed by atoms with Gasteiger partial charge in [0, 0.05) is 32.0 Å². The summed E-state index contributed by atoms with van der Waals surface area (Å²) in [6.45, 7) is 4.75. The van der Waals surface area contributed by atoms with E-state index in [1.54, 1.807) is 7.11 Å². The molecule has 0 aromatic carbocycles. The number of hydrogen-bond donors (Lipinski definition) is 1. The first-order chi connectivity index (χ1) is 14.5. The SMILES string of the molecule is CCCCCC/C=C/[C@H]1[C@H](OC)CC(=O)[C@@H]1C/C=C\CCC(OCCCC)C(=O)O. The second-order valence-electron chi connectivity index (χ2n) is 8.24. The smallest absolute Gasteiger partial charge is 0.332 e. The van der Waals surface area contributed by atoms with Crippen molar-refractivity contribution in [3.8, 4) is 0 Å². The fourth-order valence-corrected chi connectivity index (χ4v) is 3.95. The van der Waals surface area contributed by atoms with Crippen molar-refractivity contribution in [1.82, 2.24) is 0 Å². The van der Waals surface area contributed by atoms with Gasteiger partial charge in [-0.15, -0.1) is 0 Å². The molecule has 30 heavy (non-hydrogen) atoms. The van der Waals surface area contributed by atoms with Gasteiger partial charge in [-0.1, -0.05) is 63.8 Å². The number of carbonyl (C=O) groups is 2. The standard InChI is InChI=1S/C25H42O5/c1-4-6-8-9-10-12-16-21-20(22(26)19-24(21)29-3)15-13-11-14-17-23(25(27)28)30-18-7-5-2/h11-13,16,20-21,23-24H,4-10,14-15,17-19H2,1-3H3,(H,27,28)/b13-11-,16-12+/t20-,21-,23?,24-/m1/s1. The van der Waals surface area contributed by atoms with E-state index in [0.717, 1.165) is 19.3 Å². The number of aliphatic carboxylic acids is 1. The predicted octanol–water partition coefficient (Wildman–Crippen LogP) is 5.73. The third-order valence-corrected chi connectivity index (χ3v) is 5.84. The molecule has 0 heterocycles. The Morgan fingerprint density at radius 3 is 2.53 bits per heavy atom. The van der Waals surface area contributed by atoms with E-state index in [2.05, 4.69) is 26.0 Å². The summed E-state index contributed by atoms with van der Waals surface area (Å²) < 4.78 is 11.0. The first-order valence-electron chi connectivity index (χ1n) is 11.8. The van der Waals surface area contributed by atoms with Crippen LogP contribution in [0.25, 0.3) is 0 Å². The average molecular weight is 423 g/mol. The minimum absolute atomic E-state index is 0.0360. The molecule has 5 heteroatoms. The number of carbonyl (C=O) groups excluding carboxylic acids is 1. The maximum absolute atomic E-state index is 12.5. The minimum Gasteiger partial charge on any atom is -0.479 e. The number of rotatable bonds is 17. The fraction of sp³-hybridized carbons (Fsp3) is 0.760. The molecule has 0 amide bonds. The number of carboxylic acids is 1. The van der Waals surface area contributed by atoms with Gasteiger partial charge < -0.3 is 14.6 Å². The van der Waals surface area contributed by atoms with Gasteiger partial charge in [-0.05, 0) is 38.5 Å². The van der Waals surface area contributed by atoms with Crippen LogP contribution in [-0.2, 0) is 19.1 Å². The first-order valence-corrected chi connectivity index (χ1v) is 11.8. The summed E-state index contributed by atoms with van der Waals surface area (Å²) in [6, 6.07) is 0. The molecule has 1 saturated carbocycles. The van der Waals surface area contributed by atoms with Crippen LogP contribution in [0.2, 0.25) is 0 Å². The molecule has 0 bridgehead atoms. The largest absolute Gasteiger partial charge is 0.479 e. The molecule has 1 aliphatic carbocycles. The highest BCUT2D eigenvalue weighted by Gasteiger charge is 2.40. The number of allylic oxidation sites excluding steroid dienone is 3. The van der Waals surface area contributed by atoms with Crippen LogP contribution in [0.15, 0.2) is 24.3 Å². The van der Waals surface area contributed by atoms with Gasteiger partial charge in [0.25, 0.3) is 0 Å². The maximum atomic E-state index is 12.5. The van der Waals surface area contributed by atoms with Crippen LogP contribution in [0, 0.1) is 11.8 Å². The van der Waals surface area contributed by atoms with Crippen LogP contribution < -0.4 is 0 Å². The normalized spacial score (nSPS) is 23.0. The Morgan fingerprint density at radius 2 is 1.87 bits per heavy atom. The lowest BCUT2D eigenvalue weighted by Gasteiger charge is -2.18. The molecule has 1 N–H and O–H groups in total. The molecule has 0 aromatic rings. The molecule has 0 radical (unpaired) electrons. The van der Waals surface area contributed by atoms with Crippen LogP contribution in [-0.4, -0.2) is 42.8 Å². The molecule has 0 aromatic heterocycles. The van der Waals surface area contributed by atoms with Crippen molar-refractivity contribution in [3.63, 3.8) is 0 Å². The van der Waals surface area contributed by atoms with E-state index in [1.807, 2.05) is 12.2 Å². The number of ketones is 1. The topological polar surface area (TPSA) is 72.8 Å². The van der Waals surface area contributed by atoms with Crippen LogP contribution in [0.1, 0.15) is 84.5 Å². The van der Waals surface area contributed by atoms with Crippen LogP contribution in [0.5, 0.6) is 0 Å². The molecule has 172 valence electrons. The summed E-state index contributed by atoms with van der Waals surface area (Å²) >= 11 is 0. The van der Waals surface area contributed by atoms with Gasteiger partial charge in [-0.2, -0.15) is 0 Å².